The van der Waals surface area contributed by atoms with Crippen LogP contribution in [0, 0.1) is 0 Å². The Labute approximate surface area is 108 Å². The van der Waals surface area contributed by atoms with E-state index < -0.39 is 0 Å². The molecular formula is C16H16N2. The van der Waals surface area contributed by atoms with Crippen LogP contribution in [0.4, 0.5) is 11.4 Å². The van der Waals surface area contributed by atoms with Gasteiger partial charge >= 0.3 is 0 Å². The van der Waals surface area contributed by atoms with E-state index in [1.165, 1.54) is 17.0 Å². The van der Waals surface area contributed by atoms with Gasteiger partial charge in [-0.2, -0.15) is 0 Å². The number of nitrogens with zero attached hydrogens (tertiary/aromatic N) is 2. The van der Waals surface area contributed by atoms with E-state index in [0.29, 0.717) is 0 Å². The van der Waals surface area contributed by atoms with Crippen molar-refractivity contribution in [2.24, 2.45) is 4.99 Å². The minimum Gasteiger partial charge on any atom is -0.360 e. The molecule has 0 saturated heterocycles. The van der Waals surface area contributed by atoms with Crippen LogP contribution in [-0.2, 0) is 6.54 Å². The number of anilines is 1. The minimum atomic E-state index is 0.909. The average molecular weight is 236 g/mol. The second kappa shape index (κ2) is 4.65. The molecule has 0 bridgehead atoms. The van der Waals surface area contributed by atoms with Crippen molar-refractivity contribution < 1.29 is 0 Å². The maximum absolute atomic E-state index is 4.61. The normalized spacial score (nSPS) is 14.1. The average Bonchev–Trinajstić information content (AvgIpc) is 2.40. The van der Waals surface area contributed by atoms with Gasteiger partial charge in [-0.15, -0.1) is 0 Å². The minimum absolute atomic E-state index is 0.909. The Morgan fingerprint density at radius 2 is 1.72 bits per heavy atom. The standard InChI is InChI=1S/C16H16N2/c1-13-11-18(12-14-7-3-2-4-8-14)16-10-6-5-9-15(16)17-13/h2-10H,11-12H2,1H3. The third-order valence-corrected chi connectivity index (χ3v) is 3.17. The third kappa shape index (κ3) is 2.14. The van der Waals surface area contributed by atoms with Gasteiger partial charge in [0, 0.05) is 12.3 Å². The molecule has 2 nitrogen and oxygen atoms in total. The van der Waals surface area contributed by atoms with E-state index in [2.05, 4.69) is 65.3 Å². The van der Waals surface area contributed by atoms with Crippen molar-refractivity contribution in [3.63, 3.8) is 0 Å². The van der Waals surface area contributed by atoms with Gasteiger partial charge in [0.1, 0.15) is 0 Å². The van der Waals surface area contributed by atoms with Crippen molar-refractivity contribution >= 4 is 17.1 Å². The molecule has 0 aliphatic carbocycles. The molecule has 1 aliphatic rings. The summed E-state index contributed by atoms with van der Waals surface area (Å²) in [5.74, 6) is 0. The maximum Gasteiger partial charge on any atom is 0.0863 e. The Morgan fingerprint density at radius 1 is 1.00 bits per heavy atom. The molecule has 90 valence electrons. The molecule has 0 spiro atoms. The van der Waals surface area contributed by atoms with Gasteiger partial charge in [0.15, 0.2) is 0 Å². The number of hydrogen-bond donors (Lipinski definition) is 0. The Morgan fingerprint density at radius 3 is 2.56 bits per heavy atom. The van der Waals surface area contributed by atoms with Crippen LogP contribution in [0.5, 0.6) is 0 Å². The van der Waals surface area contributed by atoms with Crippen LogP contribution in [0.25, 0.3) is 0 Å². The van der Waals surface area contributed by atoms with Gasteiger partial charge in [-0.25, -0.2) is 0 Å². The highest BCUT2D eigenvalue weighted by molar-refractivity contribution is 5.94. The predicted molar refractivity (Wildman–Crippen MR) is 76.7 cm³/mol. The monoisotopic (exact) mass is 236 g/mol. The van der Waals surface area contributed by atoms with Crippen LogP contribution >= 0.6 is 0 Å². The summed E-state index contributed by atoms with van der Waals surface area (Å²) in [7, 11) is 0. The van der Waals surface area contributed by atoms with E-state index in [4.69, 9.17) is 0 Å². The van der Waals surface area contributed by atoms with Gasteiger partial charge in [0.2, 0.25) is 0 Å². The summed E-state index contributed by atoms with van der Waals surface area (Å²) in [5.41, 5.74) is 4.82. The fraction of sp³-hybridized carbons (Fsp3) is 0.188. The summed E-state index contributed by atoms with van der Waals surface area (Å²) < 4.78 is 0. The summed E-state index contributed by atoms with van der Waals surface area (Å²) in [5, 5.41) is 0. The number of benzene rings is 2. The maximum atomic E-state index is 4.61. The van der Waals surface area contributed by atoms with Crippen molar-refractivity contribution in [1.82, 2.24) is 0 Å². The lowest BCUT2D eigenvalue weighted by Gasteiger charge is -2.29. The highest BCUT2D eigenvalue weighted by Crippen LogP contribution is 2.32. The highest BCUT2D eigenvalue weighted by Gasteiger charge is 2.16. The van der Waals surface area contributed by atoms with E-state index in [0.717, 1.165) is 18.8 Å². The quantitative estimate of drug-likeness (QED) is 0.774. The van der Waals surface area contributed by atoms with Crippen LogP contribution in [0.15, 0.2) is 59.6 Å². The number of rotatable bonds is 2. The van der Waals surface area contributed by atoms with Crippen LogP contribution < -0.4 is 4.90 Å². The van der Waals surface area contributed by atoms with Crippen molar-refractivity contribution in [2.45, 2.75) is 13.5 Å². The molecule has 0 saturated carbocycles. The molecule has 0 aromatic heterocycles. The van der Waals surface area contributed by atoms with E-state index >= 15 is 0 Å². The summed E-state index contributed by atoms with van der Waals surface area (Å²) in [6.07, 6.45) is 0. The van der Waals surface area contributed by atoms with E-state index in [9.17, 15) is 0 Å². The Bertz CT molecular complexity index is 573. The number of aliphatic imine (C=N–C) groups is 1. The van der Waals surface area contributed by atoms with Gasteiger partial charge in [-0.05, 0) is 24.6 Å². The molecule has 2 heteroatoms. The zero-order valence-electron chi connectivity index (χ0n) is 10.5. The molecule has 0 amide bonds. The summed E-state index contributed by atoms with van der Waals surface area (Å²) in [6, 6.07) is 18.9. The van der Waals surface area contributed by atoms with Crippen LogP contribution in [0.2, 0.25) is 0 Å². The summed E-state index contributed by atoms with van der Waals surface area (Å²) in [4.78, 5) is 6.99. The number of para-hydroxylation sites is 2. The van der Waals surface area contributed by atoms with E-state index in [1.54, 1.807) is 0 Å². The lowest BCUT2D eigenvalue weighted by molar-refractivity contribution is 0.872. The molecule has 18 heavy (non-hydrogen) atoms. The first-order valence-corrected chi connectivity index (χ1v) is 6.25. The van der Waals surface area contributed by atoms with Gasteiger partial charge in [0.05, 0.1) is 17.9 Å². The zero-order chi connectivity index (χ0) is 12.4. The molecule has 1 heterocycles. The first-order valence-electron chi connectivity index (χ1n) is 6.25. The largest absolute Gasteiger partial charge is 0.360 e. The highest BCUT2D eigenvalue weighted by atomic mass is 15.2. The SMILES string of the molecule is CC1=Nc2ccccc2N(Cc2ccccc2)C1. The smallest absolute Gasteiger partial charge is 0.0863 e. The molecule has 0 unspecified atom stereocenters. The lowest BCUT2D eigenvalue weighted by atomic mass is 10.1. The molecule has 0 fully saturated rings. The molecule has 1 aliphatic heterocycles. The first-order chi connectivity index (χ1) is 8.83. The van der Waals surface area contributed by atoms with Crippen molar-refractivity contribution in [3.05, 3.63) is 60.2 Å². The van der Waals surface area contributed by atoms with Crippen LogP contribution in [-0.4, -0.2) is 12.3 Å². The van der Waals surface area contributed by atoms with Crippen molar-refractivity contribution in [3.8, 4) is 0 Å². The molecule has 2 aromatic rings. The molecule has 3 rings (SSSR count). The fourth-order valence-electron chi connectivity index (χ4n) is 2.37. The topological polar surface area (TPSA) is 15.6 Å². The third-order valence-electron chi connectivity index (χ3n) is 3.17. The van der Waals surface area contributed by atoms with Crippen LogP contribution in [0.1, 0.15) is 12.5 Å². The molecule has 2 aromatic carbocycles. The van der Waals surface area contributed by atoms with Gasteiger partial charge < -0.3 is 4.90 Å². The van der Waals surface area contributed by atoms with Crippen molar-refractivity contribution in [2.75, 3.05) is 11.4 Å². The summed E-state index contributed by atoms with van der Waals surface area (Å²) >= 11 is 0. The van der Waals surface area contributed by atoms with E-state index in [-0.39, 0.29) is 0 Å². The number of hydrogen-bond acceptors (Lipinski definition) is 2. The molecule has 0 atom stereocenters. The molecule has 0 N–H and O–H groups in total. The van der Waals surface area contributed by atoms with E-state index in [1.807, 2.05) is 6.07 Å². The number of fused-ring (bicyclic) bond motifs is 1. The van der Waals surface area contributed by atoms with Gasteiger partial charge in [-0.1, -0.05) is 42.5 Å². The van der Waals surface area contributed by atoms with Gasteiger partial charge in [-0.3, -0.25) is 4.99 Å². The second-order valence-electron chi connectivity index (χ2n) is 4.68. The second-order valence-corrected chi connectivity index (χ2v) is 4.68. The van der Waals surface area contributed by atoms with Crippen LogP contribution in [0.3, 0.4) is 0 Å². The Hall–Kier alpha value is -2.09. The Balaban J connectivity index is 1.92. The predicted octanol–water partition coefficient (Wildman–Crippen LogP) is 3.80. The fourth-order valence-corrected chi connectivity index (χ4v) is 2.37. The Kier molecular flexibility index (Phi) is 2.85. The summed E-state index contributed by atoms with van der Waals surface area (Å²) in [6.45, 7) is 3.94. The first kappa shape index (κ1) is 11.0. The lowest BCUT2D eigenvalue weighted by Crippen LogP contribution is -2.30. The zero-order valence-corrected chi connectivity index (χ0v) is 10.5. The van der Waals surface area contributed by atoms with Crippen molar-refractivity contribution in [1.29, 1.82) is 0 Å². The van der Waals surface area contributed by atoms with Gasteiger partial charge in [0.25, 0.3) is 0 Å². The molecule has 0 radical (unpaired) electrons. The molecular weight excluding hydrogens is 220 g/mol.